The van der Waals surface area contributed by atoms with Crippen molar-refractivity contribution < 1.29 is 13.2 Å². The minimum absolute atomic E-state index is 0.128. The van der Waals surface area contributed by atoms with Gasteiger partial charge >= 0.3 is 6.18 Å². The molecule has 0 unspecified atom stereocenters. The lowest BCUT2D eigenvalue weighted by molar-refractivity contribution is -0.137. The summed E-state index contributed by atoms with van der Waals surface area (Å²) in [6, 6.07) is 5.47. The second-order valence-corrected chi connectivity index (χ2v) is 8.59. The predicted octanol–water partition coefficient (Wildman–Crippen LogP) is 8.88. The van der Waals surface area contributed by atoms with Gasteiger partial charge in [-0.05, 0) is 62.3 Å². The Morgan fingerprint density at radius 2 is 1.88 bits per heavy atom. The maximum absolute atomic E-state index is 12.8. The second kappa shape index (κ2) is 16.4. The lowest BCUT2D eigenvalue weighted by Gasteiger charge is -2.24. The highest BCUT2D eigenvalue weighted by molar-refractivity contribution is 8.13. The lowest BCUT2D eigenvalue weighted by Crippen LogP contribution is -2.35. The van der Waals surface area contributed by atoms with Gasteiger partial charge < -0.3 is 5.32 Å². The summed E-state index contributed by atoms with van der Waals surface area (Å²) in [6.45, 7) is 8.17. The van der Waals surface area contributed by atoms with Crippen LogP contribution in [-0.2, 0) is 11.9 Å². The van der Waals surface area contributed by atoms with Crippen molar-refractivity contribution in [3.05, 3.63) is 83.0 Å². The molecule has 0 saturated heterocycles. The van der Waals surface area contributed by atoms with Crippen LogP contribution >= 0.6 is 11.8 Å². The summed E-state index contributed by atoms with van der Waals surface area (Å²) < 4.78 is 38.4. The van der Waals surface area contributed by atoms with Gasteiger partial charge in [0.1, 0.15) is 0 Å². The van der Waals surface area contributed by atoms with Crippen LogP contribution in [-0.4, -0.2) is 18.3 Å². The number of thioether (sulfide) groups is 1. The van der Waals surface area contributed by atoms with E-state index < -0.39 is 11.7 Å². The molecule has 1 aliphatic rings. The summed E-state index contributed by atoms with van der Waals surface area (Å²) in [5.41, 5.74) is 2.87. The first kappa shape index (κ1) is 29.8. The monoisotopic (exact) mass is 492 g/mol. The third-order valence-corrected chi connectivity index (χ3v) is 6.23. The number of hydrogen-bond acceptors (Lipinski definition) is 2. The quantitative estimate of drug-likeness (QED) is 0.170. The number of halogens is 3. The van der Waals surface area contributed by atoms with Crippen molar-refractivity contribution in [2.24, 2.45) is 4.99 Å². The molecule has 0 spiro atoms. The third-order valence-electron chi connectivity index (χ3n) is 5.17. The van der Waals surface area contributed by atoms with Crippen LogP contribution in [0.4, 0.5) is 13.2 Å². The van der Waals surface area contributed by atoms with Crippen LogP contribution in [0.1, 0.15) is 70.9 Å². The zero-order chi connectivity index (χ0) is 25.4. The fourth-order valence-corrected chi connectivity index (χ4v) is 4.42. The molecule has 0 heterocycles. The Bertz CT molecular complexity index is 863. The first-order chi connectivity index (χ1) is 16.4. The molecule has 0 aromatic heterocycles. The largest absolute Gasteiger partial charge is 0.416 e. The van der Waals surface area contributed by atoms with Crippen LogP contribution in [0.25, 0.3) is 0 Å². The van der Waals surface area contributed by atoms with Gasteiger partial charge in [0.2, 0.25) is 0 Å². The number of hydrogen-bond donors (Lipinski definition) is 1. The molecule has 0 saturated carbocycles. The van der Waals surface area contributed by atoms with Gasteiger partial charge in [-0.3, -0.25) is 4.99 Å². The highest BCUT2D eigenvalue weighted by Crippen LogP contribution is 2.30. The molecule has 0 radical (unpaired) electrons. The lowest BCUT2D eigenvalue weighted by atomic mass is 9.94. The van der Waals surface area contributed by atoms with Crippen molar-refractivity contribution in [1.82, 2.24) is 5.32 Å². The summed E-state index contributed by atoms with van der Waals surface area (Å²) in [4.78, 5) is 4.43. The van der Waals surface area contributed by atoms with E-state index in [0.717, 1.165) is 55.0 Å². The molecular formula is C28H39F3N2S. The Morgan fingerprint density at radius 1 is 1.18 bits per heavy atom. The fourth-order valence-electron chi connectivity index (χ4n) is 3.57. The van der Waals surface area contributed by atoms with E-state index in [1.165, 1.54) is 35.0 Å². The van der Waals surface area contributed by atoms with Gasteiger partial charge in [0.25, 0.3) is 0 Å². The normalized spacial score (nSPS) is 15.9. The number of nitrogens with zero attached hydrogens (tertiary/aromatic N) is 1. The number of benzene rings is 1. The van der Waals surface area contributed by atoms with Crippen LogP contribution in [0, 0.1) is 0 Å². The van der Waals surface area contributed by atoms with Gasteiger partial charge in [0, 0.05) is 12.8 Å². The average molecular weight is 493 g/mol. The molecule has 0 amide bonds. The first-order valence-electron chi connectivity index (χ1n) is 12.0. The Labute approximate surface area is 208 Å². The number of nitrogens with one attached hydrogen (secondary N) is 1. The Kier molecular flexibility index (Phi) is 14.4. The maximum atomic E-state index is 12.8. The van der Waals surface area contributed by atoms with Crippen LogP contribution in [0.5, 0.6) is 0 Å². The Balaban J connectivity index is 0.00000281. The van der Waals surface area contributed by atoms with E-state index in [9.17, 15) is 13.2 Å². The van der Waals surface area contributed by atoms with Crippen LogP contribution < -0.4 is 5.32 Å². The number of aliphatic imine (C=N–C) groups is 1. The molecule has 1 N–H and O–H groups in total. The van der Waals surface area contributed by atoms with E-state index in [4.69, 9.17) is 0 Å². The Morgan fingerprint density at radius 3 is 2.47 bits per heavy atom. The first-order valence-corrected chi connectivity index (χ1v) is 13.0. The summed E-state index contributed by atoms with van der Waals surface area (Å²) in [7, 11) is 1.75. The smallest absolute Gasteiger partial charge is 0.358 e. The molecular weight excluding hydrogens is 453 g/mol. The van der Waals surface area contributed by atoms with E-state index >= 15 is 0 Å². The number of allylic oxidation sites excluding steroid dienone is 6. The van der Waals surface area contributed by atoms with E-state index in [1.54, 1.807) is 7.05 Å². The minimum Gasteiger partial charge on any atom is -0.358 e. The summed E-state index contributed by atoms with van der Waals surface area (Å²) in [5, 5.41) is 4.41. The van der Waals surface area contributed by atoms with Crippen LogP contribution in [0.15, 0.2) is 76.9 Å². The van der Waals surface area contributed by atoms with Crippen LogP contribution in [0.3, 0.4) is 0 Å². The number of alkyl halides is 3. The van der Waals surface area contributed by atoms with Gasteiger partial charge in [-0.15, -0.1) is 0 Å². The molecule has 6 heteroatoms. The van der Waals surface area contributed by atoms with Crippen molar-refractivity contribution >= 4 is 16.9 Å². The SMILES string of the molecule is C/C=C\C(=C/CC)C[C@H](NC(=NC)SCc1ccc(C(F)(F)F)cc1)C1=CCC=CCC1.CC. The minimum atomic E-state index is -4.31. The van der Waals surface area contributed by atoms with Crippen molar-refractivity contribution in [2.45, 2.75) is 77.8 Å². The van der Waals surface area contributed by atoms with Gasteiger partial charge in [0.15, 0.2) is 5.17 Å². The molecule has 1 aromatic rings. The van der Waals surface area contributed by atoms with Gasteiger partial charge in [-0.1, -0.05) is 86.7 Å². The van der Waals surface area contributed by atoms with E-state index in [1.807, 2.05) is 20.8 Å². The summed E-state index contributed by atoms with van der Waals surface area (Å²) >= 11 is 1.52. The molecule has 0 fully saturated rings. The standard InChI is InChI=1S/C26H33F3N2S.C2H6/c1-4-10-20(11-5-2)18-24(22-12-8-6-7-9-13-22)31-25(30-3)32-19-21-14-16-23(17-15-21)26(27,28)29;1-2/h4,6-7,10-12,14-17,24H,5,8-9,13,18-19H2,1-3H3,(H,30,31);1-2H3/b10-4-,20-11+;/t24-;/m0./s1. The highest BCUT2D eigenvalue weighted by atomic mass is 32.2. The molecule has 2 nitrogen and oxygen atoms in total. The van der Waals surface area contributed by atoms with Crippen molar-refractivity contribution in [1.29, 1.82) is 0 Å². The Hall–Kier alpha value is -2.21. The number of amidine groups is 1. The maximum Gasteiger partial charge on any atom is 0.416 e. The van der Waals surface area contributed by atoms with Crippen LogP contribution in [0.2, 0.25) is 0 Å². The van der Waals surface area contributed by atoms with E-state index in [2.05, 4.69) is 53.7 Å². The van der Waals surface area contributed by atoms with E-state index in [0.29, 0.717) is 5.75 Å². The number of rotatable bonds is 8. The molecule has 0 aliphatic heterocycles. The van der Waals surface area contributed by atoms with E-state index in [-0.39, 0.29) is 6.04 Å². The molecule has 1 aliphatic carbocycles. The molecule has 2 rings (SSSR count). The van der Waals surface area contributed by atoms with Crippen molar-refractivity contribution in [3.63, 3.8) is 0 Å². The van der Waals surface area contributed by atoms with Gasteiger partial charge in [0.05, 0.1) is 11.6 Å². The fraction of sp³-hybridized carbons (Fsp3) is 0.464. The summed E-state index contributed by atoms with van der Waals surface area (Å²) in [5.74, 6) is 0.553. The van der Waals surface area contributed by atoms with Crippen molar-refractivity contribution in [2.75, 3.05) is 7.05 Å². The molecule has 0 bridgehead atoms. The highest BCUT2D eigenvalue weighted by Gasteiger charge is 2.29. The molecule has 1 atom stereocenters. The second-order valence-electron chi connectivity index (χ2n) is 7.63. The summed E-state index contributed by atoms with van der Waals surface area (Å²) in [6.07, 6.45) is 13.7. The zero-order valence-corrected chi connectivity index (χ0v) is 21.9. The molecule has 188 valence electrons. The van der Waals surface area contributed by atoms with Gasteiger partial charge in [-0.25, -0.2) is 0 Å². The van der Waals surface area contributed by atoms with Crippen molar-refractivity contribution in [3.8, 4) is 0 Å². The third kappa shape index (κ3) is 10.8. The average Bonchev–Trinajstić information content (AvgIpc) is 3.12. The zero-order valence-electron chi connectivity index (χ0n) is 21.1. The topological polar surface area (TPSA) is 24.4 Å². The molecule has 1 aromatic carbocycles. The van der Waals surface area contributed by atoms with Gasteiger partial charge in [-0.2, -0.15) is 13.2 Å². The predicted molar refractivity (Wildman–Crippen MR) is 143 cm³/mol. The molecule has 34 heavy (non-hydrogen) atoms.